The van der Waals surface area contributed by atoms with Gasteiger partial charge in [0.2, 0.25) is 10.0 Å². The van der Waals surface area contributed by atoms with Gasteiger partial charge in [-0.15, -0.1) is 0 Å². The molecule has 114 valence electrons. The molecule has 3 N–H and O–H groups in total. The summed E-state index contributed by atoms with van der Waals surface area (Å²) in [6.45, 7) is 8.05. The summed E-state index contributed by atoms with van der Waals surface area (Å²) in [4.78, 5) is 2.40. The topological polar surface area (TPSA) is 93.2 Å². The summed E-state index contributed by atoms with van der Waals surface area (Å²) in [6.07, 6.45) is 2.50. The van der Waals surface area contributed by atoms with E-state index in [0.717, 1.165) is 26.1 Å². The maximum absolute atomic E-state index is 12.2. The van der Waals surface area contributed by atoms with Crippen molar-refractivity contribution < 1.29 is 8.42 Å². The Kier molecular flexibility index (Phi) is 4.66. The number of nitrogens with zero attached hydrogens (tertiary/aromatic N) is 3. The third kappa shape index (κ3) is 3.31. The molecule has 7 nitrogen and oxygen atoms in total. The first kappa shape index (κ1) is 15.3. The van der Waals surface area contributed by atoms with Gasteiger partial charge in [-0.05, 0) is 32.4 Å². The van der Waals surface area contributed by atoms with Crippen LogP contribution < -0.4 is 10.5 Å². The van der Waals surface area contributed by atoms with Crippen molar-refractivity contribution in [2.24, 2.45) is 5.92 Å². The SMILES string of the molecule is CCN1CCC(CNS(=O)(=O)c2cn(CC)nc2N)C1. The quantitative estimate of drug-likeness (QED) is 0.777. The van der Waals surface area contributed by atoms with Gasteiger partial charge >= 0.3 is 0 Å². The van der Waals surface area contributed by atoms with E-state index in [0.29, 0.717) is 19.0 Å². The standard InChI is InChI=1S/C12H23N5O2S/c1-3-16-6-5-10(8-16)7-14-20(18,19)11-9-17(4-2)15-12(11)13/h9-10,14H,3-8H2,1-2H3,(H2,13,15). The van der Waals surface area contributed by atoms with Crippen molar-refractivity contribution in [2.75, 3.05) is 31.9 Å². The number of nitrogen functional groups attached to an aromatic ring is 1. The number of likely N-dealkylation sites (tertiary alicyclic amines) is 1. The first-order valence-corrected chi connectivity index (χ1v) is 8.49. The Hall–Kier alpha value is -1.12. The van der Waals surface area contributed by atoms with Crippen LogP contribution in [0.2, 0.25) is 0 Å². The second-order valence-electron chi connectivity index (χ2n) is 5.13. The van der Waals surface area contributed by atoms with Crippen LogP contribution >= 0.6 is 0 Å². The van der Waals surface area contributed by atoms with Gasteiger partial charge < -0.3 is 10.6 Å². The van der Waals surface area contributed by atoms with Gasteiger partial charge in [-0.3, -0.25) is 4.68 Å². The highest BCUT2D eigenvalue weighted by atomic mass is 32.2. The zero-order chi connectivity index (χ0) is 14.8. The van der Waals surface area contributed by atoms with Crippen LogP contribution in [0.1, 0.15) is 20.3 Å². The lowest BCUT2D eigenvalue weighted by Gasteiger charge is -2.13. The van der Waals surface area contributed by atoms with Crippen molar-refractivity contribution in [1.29, 1.82) is 0 Å². The van der Waals surface area contributed by atoms with E-state index in [-0.39, 0.29) is 10.7 Å². The van der Waals surface area contributed by atoms with Crippen LogP contribution in [-0.2, 0) is 16.6 Å². The van der Waals surface area contributed by atoms with E-state index in [2.05, 4.69) is 21.6 Å². The van der Waals surface area contributed by atoms with Crippen molar-refractivity contribution in [1.82, 2.24) is 19.4 Å². The Morgan fingerprint density at radius 2 is 2.20 bits per heavy atom. The van der Waals surface area contributed by atoms with Gasteiger partial charge in [-0.1, -0.05) is 6.92 Å². The molecule has 1 unspecified atom stereocenters. The third-order valence-electron chi connectivity index (χ3n) is 3.75. The van der Waals surface area contributed by atoms with Crippen molar-refractivity contribution in [2.45, 2.75) is 31.7 Å². The minimum atomic E-state index is -3.57. The van der Waals surface area contributed by atoms with Crippen LogP contribution in [0.4, 0.5) is 5.82 Å². The van der Waals surface area contributed by atoms with Gasteiger partial charge in [0.25, 0.3) is 0 Å². The van der Waals surface area contributed by atoms with Crippen molar-refractivity contribution in [3.63, 3.8) is 0 Å². The summed E-state index contributed by atoms with van der Waals surface area (Å²) < 4.78 is 28.6. The number of nitrogens with two attached hydrogens (primary N) is 1. The molecule has 0 saturated carbocycles. The van der Waals surface area contributed by atoms with Crippen molar-refractivity contribution >= 4 is 15.8 Å². The molecule has 0 bridgehead atoms. The number of hydrogen-bond donors (Lipinski definition) is 2. The van der Waals surface area contributed by atoms with Gasteiger partial charge in [0.15, 0.2) is 5.82 Å². The smallest absolute Gasteiger partial charge is 0.245 e. The van der Waals surface area contributed by atoms with Gasteiger partial charge in [0.1, 0.15) is 4.90 Å². The summed E-state index contributed by atoms with van der Waals surface area (Å²) in [5, 5.41) is 3.97. The molecule has 2 heterocycles. The summed E-state index contributed by atoms with van der Waals surface area (Å²) in [6, 6.07) is 0. The number of rotatable bonds is 6. The molecule has 1 fully saturated rings. The second-order valence-corrected chi connectivity index (χ2v) is 6.87. The number of aryl methyl sites for hydroxylation is 1. The van der Waals surface area contributed by atoms with E-state index >= 15 is 0 Å². The molecule has 0 aromatic carbocycles. The number of hydrogen-bond acceptors (Lipinski definition) is 5. The molecule has 1 aliphatic rings. The maximum atomic E-state index is 12.2. The molecule has 0 radical (unpaired) electrons. The van der Waals surface area contributed by atoms with Crippen LogP contribution in [0.25, 0.3) is 0 Å². The van der Waals surface area contributed by atoms with Gasteiger partial charge in [0, 0.05) is 25.8 Å². The normalized spacial score (nSPS) is 20.6. The molecule has 0 spiro atoms. The predicted octanol–water partition coefficient (Wildman–Crippen LogP) is 0.105. The third-order valence-corrected chi connectivity index (χ3v) is 5.19. The first-order valence-electron chi connectivity index (χ1n) is 7.01. The molecule has 0 aliphatic carbocycles. The molecular formula is C12H23N5O2S. The lowest BCUT2D eigenvalue weighted by molar-refractivity contribution is 0.342. The lowest BCUT2D eigenvalue weighted by Crippen LogP contribution is -2.31. The number of nitrogens with one attached hydrogen (secondary N) is 1. The molecule has 1 aromatic heterocycles. The zero-order valence-electron chi connectivity index (χ0n) is 12.0. The van der Waals surface area contributed by atoms with E-state index in [4.69, 9.17) is 5.73 Å². The average Bonchev–Trinajstić information content (AvgIpc) is 3.02. The molecule has 1 aromatic rings. The zero-order valence-corrected chi connectivity index (χ0v) is 12.9. The number of sulfonamides is 1. The fraction of sp³-hybridized carbons (Fsp3) is 0.750. The molecule has 0 amide bonds. The number of aromatic nitrogens is 2. The minimum Gasteiger partial charge on any atom is -0.381 e. The Morgan fingerprint density at radius 1 is 1.45 bits per heavy atom. The molecule has 1 aliphatic heterocycles. The Morgan fingerprint density at radius 3 is 2.75 bits per heavy atom. The van der Waals surface area contributed by atoms with E-state index in [1.165, 1.54) is 10.9 Å². The summed E-state index contributed by atoms with van der Waals surface area (Å²) in [5.41, 5.74) is 5.67. The first-order chi connectivity index (χ1) is 9.46. The molecular weight excluding hydrogens is 278 g/mol. The molecule has 1 atom stereocenters. The lowest BCUT2D eigenvalue weighted by atomic mass is 10.1. The van der Waals surface area contributed by atoms with Crippen molar-refractivity contribution in [3.8, 4) is 0 Å². The Labute approximate surface area is 120 Å². The maximum Gasteiger partial charge on any atom is 0.245 e. The molecule has 2 rings (SSSR count). The number of anilines is 1. The summed E-state index contributed by atoms with van der Waals surface area (Å²) in [7, 11) is -3.57. The van der Waals surface area contributed by atoms with Crippen LogP contribution in [-0.4, -0.2) is 49.3 Å². The van der Waals surface area contributed by atoms with Crippen LogP contribution in [0.5, 0.6) is 0 Å². The highest BCUT2D eigenvalue weighted by molar-refractivity contribution is 7.89. The summed E-state index contributed by atoms with van der Waals surface area (Å²) >= 11 is 0. The average molecular weight is 301 g/mol. The van der Waals surface area contributed by atoms with E-state index < -0.39 is 10.0 Å². The van der Waals surface area contributed by atoms with Crippen LogP contribution in [0, 0.1) is 5.92 Å². The van der Waals surface area contributed by atoms with E-state index in [9.17, 15) is 8.42 Å². The van der Waals surface area contributed by atoms with Gasteiger partial charge in [-0.25, -0.2) is 13.1 Å². The van der Waals surface area contributed by atoms with Crippen LogP contribution in [0.3, 0.4) is 0 Å². The van der Waals surface area contributed by atoms with Gasteiger partial charge in [-0.2, -0.15) is 5.10 Å². The summed E-state index contributed by atoms with van der Waals surface area (Å²) in [5.74, 6) is 0.424. The van der Waals surface area contributed by atoms with E-state index in [1.807, 2.05) is 6.92 Å². The second kappa shape index (κ2) is 6.11. The van der Waals surface area contributed by atoms with Crippen molar-refractivity contribution in [3.05, 3.63) is 6.20 Å². The van der Waals surface area contributed by atoms with E-state index in [1.54, 1.807) is 0 Å². The highest BCUT2D eigenvalue weighted by Crippen LogP contribution is 2.18. The fourth-order valence-electron chi connectivity index (χ4n) is 2.46. The predicted molar refractivity (Wildman–Crippen MR) is 77.7 cm³/mol. The Bertz CT molecular complexity index is 554. The van der Waals surface area contributed by atoms with Gasteiger partial charge in [0.05, 0.1) is 0 Å². The highest BCUT2D eigenvalue weighted by Gasteiger charge is 2.25. The largest absolute Gasteiger partial charge is 0.381 e. The molecule has 1 saturated heterocycles. The fourth-order valence-corrected chi connectivity index (χ4v) is 3.65. The minimum absolute atomic E-state index is 0.0564. The monoisotopic (exact) mass is 301 g/mol. The molecule has 8 heteroatoms. The Balaban J connectivity index is 1.99. The van der Waals surface area contributed by atoms with Crippen LogP contribution in [0.15, 0.2) is 11.1 Å². The molecule has 20 heavy (non-hydrogen) atoms.